The summed E-state index contributed by atoms with van der Waals surface area (Å²) < 4.78 is 1.84. The van der Waals surface area contributed by atoms with Gasteiger partial charge in [-0.05, 0) is 38.1 Å². The standard InChI is InChI=1S/C19H23ClN4O/c1-14-18(15(2)22(3)21-14)7-8-19(25)24-11-9-23(10-12-24)17-6-4-5-16(20)13-17/h4-8,13H,9-12H2,1-3H3. The largest absolute Gasteiger partial charge is 0.368 e. The lowest BCUT2D eigenvalue weighted by atomic mass is 10.2. The van der Waals surface area contributed by atoms with E-state index in [1.165, 1.54) is 0 Å². The third-order valence-electron chi connectivity index (χ3n) is 4.72. The molecule has 0 spiro atoms. The van der Waals surface area contributed by atoms with Gasteiger partial charge in [-0.25, -0.2) is 0 Å². The number of amides is 1. The molecule has 0 aliphatic carbocycles. The van der Waals surface area contributed by atoms with E-state index in [9.17, 15) is 4.79 Å². The van der Waals surface area contributed by atoms with E-state index in [2.05, 4.69) is 16.1 Å². The van der Waals surface area contributed by atoms with Crippen LogP contribution in [0.15, 0.2) is 30.3 Å². The molecule has 25 heavy (non-hydrogen) atoms. The van der Waals surface area contributed by atoms with E-state index >= 15 is 0 Å². The number of hydrogen-bond donors (Lipinski definition) is 0. The second-order valence-electron chi connectivity index (χ2n) is 6.33. The van der Waals surface area contributed by atoms with Crippen LogP contribution in [-0.4, -0.2) is 46.8 Å². The van der Waals surface area contributed by atoms with Crippen LogP contribution in [0.5, 0.6) is 0 Å². The molecule has 1 aromatic carbocycles. The monoisotopic (exact) mass is 358 g/mol. The van der Waals surface area contributed by atoms with Crippen molar-refractivity contribution < 1.29 is 4.79 Å². The molecule has 1 saturated heterocycles. The third-order valence-corrected chi connectivity index (χ3v) is 4.96. The Morgan fingerprint density at radius 1 is 1.20 bits per heavy atom. The van der Waals surface area contributed by atoms with Crippen LogP contribution < -0.4 is 4.90 Å². The first-order chi connectivity index (χ1) is 12.0. The highest BCUT2D eigenvalue weighted by Crippen LogP contribution is 2.21. The van der Waals surface area contributed by atoms with Crippen LogP contribution in [0.3, 0.4) is 0 Å². The average molecular weight is 359 g/mol. The van der Waals surface area contributed by atoms with Gasteiger partial charge in [0.15, 0.2) is 0 Å². The summed E-state index contributed by atoms with van der Waals surface area (Å²) in [5.74, 6) is 0.0494. The highest BCUT2D eigenvalue weighted by molar-refractivity contribution is 6.30. The molecule has 132 valence electrons. The van der Waals surface area contributed by atoms with Crippen LogP contribution in [0.1, 0.15) is 17.0 Å². The molecule has 1 fully saturated rings. The van der Waals surface area contributed by atoms with E-state index in [1.807, 2.05) is 54.8 Å². The Kier molecular flexibility index (Phi) is 5.13. The van der Waals surface area contributed by atoms with Gasteiger partial charge in [0.2, 0.25) is 5.91 Å². The molecule has 0 saturated carbocycles. The molecule has 0 N–H and O–H groups in total. The molecule has 1 aromatic heterocycles. The van der Waals surface area contributed by atoms with Crippen LogP contribution in [0.25, 0.3) is 6.08 Å². The third kappa shape index (κ3) is 3.87. The van der Waals surface area contributed by atoms with Gasteiger partial charge in [-0.2, -0.15) is 5.10 Å². The molecule has 1 amide bonds. The lowest BCUT2D eigenvalue weighted by Crippen LogP contribution is -2.48. The van der Waals surface area contributed by atoms with Gasteiger partial charge >= 0.3 is 0 Å². The molecular formula is C19H23ClN4O. The van der Waals surface area contributed by atoms with Crippen molar-refractivity contribution in [3.05, 3.63) is 52.3 Å². The zero-order valence-electron chi connectivity index (χ0n) is 14.9. The van der Waals surface area contributed by atoms with E-state index in [-0.39, 0.29) is 5.91 Å². The van der Waals surface area contributed by atoms with Gasteiger partial charge in [0.1, 0.15) is 0 Å². The van der Waals surface area contributed by atoms with Crippen LogP contribution in [0.4, 0.5) is 5.69 Å². The molecule has 2 aromatic rings. The fourth-order valence-electron chi connectivity index (χ4n) is 3.15. The van der Waals surface area contributed by atoms with Gasteiger partial charge in [0.25, 0.3) is 0 Å². The number of hydrogen-bond acceptors (Lipinski definition) is 3. The quantitative estimate of drug-likeness (QED) is 0.792. The number of benzene rings is 1. The van der Waals surface area contributed by atoms with E-state index in [4.69, 9.17) is 11.6 Å². The van der Waals surface area contributed by atoms with Crippen molar-refractivity contribution >= 4 is 29.3 Å². The molecule has 0 unspecified atom stereocenters. The van der Waals surface area contributed by atoms with Crippen molar-refractivity contribution in [2.45, 2.75) is 13.8 Å². The van der Waals surface area contributed by atoms with E-state index in [1.54, 1.807) is 6.08 Å². The van der Waals surface area contributed by atoms with Crippen molar-refractivity contribution in [1.29, 1.82) is 0 Å². The van der Waals surface area contributed by atoms with Gasteiger partial charge in [-0.3, -0.25) is 9.48 Å². The molecule has 1 aliphatic heterocycles. The van der Waals surface area contributed by atoms with E-state index in [0.717, 1.165) is 40.8 Å². The van der Waals surface area contributed by atoms with E-state index in [0.29, 0.717) is 13.1 Å². The van der Waals surface area contributed by atoms with Crippen molar-refractivity contribution in [1.82, 2.24) is 14.7 Å². The SMILES string of the molecule is Cc1nn(C)c(C)c1C=CC(=O)N1CCN(c2cccc(Cl)c2)CC1. The summed E-state index contributed by atoms with van der Waals surface area (Å²) in [6.07, 6.45) is 3.54. The fourth-order valence-corrected chi connectivity index (χ4v) is 3.33. The minimum absolute atomic E-state index is 0.0494. The van der Waals surface area contributed by atoms with Gasteiger partial charge in [0.05, 0.1) is 5.69 Å². The number of piperazine rings is 1. The topological polar surface area (TPSA) is 41.4 Å². The first kappa shape index (κ1) is 17.5. The first-order valence-electron chi connectivity index (χ1n) is 8.43. The number of anilines is 1. The predicted octanol–water partition coefficient (Wildman–Crippen LogP) is 3.05. The fraction of sp³-hybridized carbons (Fsp3) is 0.368. The molecule has 0 atom stereocenters. The summed E-state index contributed by atoms with van der Waals surface area (Å²) in [6.45, 7) is 7.01. The highest BCUT2D eigenvalue weighted by Gasteiger charge is 2.20. The number of nitrogens with zero attached hydrogens (tertiary/aromatic N) is 4. The lowest BCUT2D eigenvalue weighted by molar-refractivity contribution is -0.126. The molecule has 2 heterocycles. The number of aromatic nitrogens is 2. The normalized spacial score (nSPS) is 15.2. The highest BCUT2D eigenvalue weighted by atomic mass is 35.5. The van der Waals surface area contributed by atoms with Crippen LogP contribution in [0, 0.1) is 13.8 Å². The predicted molar refractivity (Wildman–Crippen MR) is 102 cm³/mol. The van der Waals surface area contributed by atoms with Crippen LogP contribution in [0.2, 0.25) is 5.02 Å². The Labute approximate surface area is 153 Å². The zero-order chi connectivity index (χ0) is 18.0. The second kappa shape index (κ2) is 7.31. The Balaban J connectivity index is 1.61. The second-order valence-corrected chi connectivity index (χ2v) is 6.77. The lowest BCUT2D eigenvalue weighted by Gasteiger charge is -2.35. The van der Waals surface area contributed by atoms with Crippen LogP contribution in [-0.2, 0) is 11.8 Å². The number of halogens is 1. The smallest absolute Gasteiger partial charge is 0.246 e. The Morgan fingerprint density at radius 2 is 1.92 bits per heavy atom. The minimum Gasteiger partial charge on any atom is -0.368 e. The molecule has 0 radical (unpaired) electrons. The Morgan fingerprint density at radius 3 is 2.52 bits per heavy atom. The Hall–Kier alpha value is -2.27. The number of carbonyl (C=O) groups excluding carboxylic acids is 1. The zero-order valence-corrected chi connectivity index (χ0v) is 15.6. The molecule has 1 aliphatic rings. The summed E-state index contributed by atoms with van der Waals surface area (Å²) in [7, 11) is 1.91. The molecular weight excluding hydrogens is 336 g/mol. The van der Waals surface area contributed by atoms with Crippen molar-refractivity contribution in [2.24, 2.45) is 7.05 Å². The van der Waals surface area contributed by atoms with Crippen LogP contribution >= 0.6 is 11.6 Å². The van der Waals surface area contributed by atoms with Gasteiger partial charge in [-0.1, -0.05) is 17.7 Å². The van der Waals surface area contributed by atoms with Gasteiger partial charge in [-0.15, -0.1) is 0 Å². The number of carbonyl (C=O) groups is 1. The van der Waals surface area contributed by atoms with Crippen molar-refractivity contribution in [3.8, 4) is 0 Å². The average Bonchev–Trinajstić information content (AvgIpc) is 2.85. The molecule has 6 heteroatoms. The van der Waals surface area contributed by atoms with Crippen molar-refractivity contribution in [2.75, 3.05) is 31.1 Å². The maximum Gasteiger partial charge on any atom is 0.246 e. The Bertz CT molecular complexity index is 804. The summed E-state index contributed by atoms with van der Waals surface area (Å²) in [5, 5.41) is 5.11. The molecule has 0 bridgehead atoms. The first-order valence-corrected chi connectivity index (χ1v) is 8.81. The summed E-state index contributed by atoms with van der Waals surface area (Å²) in [6, 6.07) is 7.85. The maximum absolute atomic E-state index is 12.5. The summed E-state index contributed by atoms with van der Waals surface area (Å²) in [5.41, 5.74) is 4.13. The maximum atomic E-state index is 12.5. The van der Waals surface area contributed by atoms with Gasteiger partial charge < -0.3 is 9.80 Å². The summed E-state index contributed by atoms with van der Waals surface area (Å²) >= 11 is 6.06. The minimum atomic E-state index is 0.0494. The van der Waals surface area contributed by atoms with E-state index < -0.39 is 0 Å². The molecule has 3 rings (SSSR count). The number of rotatable bonds is 3. The van der Waals surface area contributed by atoms with Crippen molar-refractivity contribution in [3.63, 3.8) is 0 Å². The number of aryl methyl sites for hydroxylation is 2. The van der Waals surface area contributed by atoms with Gasteiger partial charge in [0, 0.05) is 61.3 Å². The molecule has 5 nitrogen and oxygen atoms in total. The summed E-state index contributed by atoms with van der Waals surface area (Å²) in [4.78, 5) is 16.6.